The zero-order valence-electron chi connectivity index (χ0n) is 9.10. The predicted molar refractivity (Wildman–Crippen MR) is 58.8 cm³/mol. The smallest absolute Gasteiger partial charge is 0.00368 e. The van der Waals surface area contributed by atoms with Gasteiger partial charge in [0.25, 0.3) is 0 Å². The lowest BCUT2D eigenvalue weighted by Crippen LogP contribution is -2.29. The Morgan fingerprint density at radius 1 is 1.46 bits per heavy atom. The quantitative estimate of drug-likeness (QED) is 0.643. The molecule has 1 heteroatoms. The minimum atomic E-state index is 0.309. The zero-order valence-corrected chi connectivity index (χ0v) is 9.10. The second-order valence-electron chi connectivity index (χ2n) is 4.74. The molecule has 1 saturated carbocycles. The molecule has 13 heavy (non-hydrogen) atoms. The van der Waals surface area contributed by atoms with Gasteiger partial charge in [0.15, 0.2) is 0 Å². The van der Waals surface area contributed by atoms with E-state index < -0.39 is 0 Å². The van der Waals surface area contributed by atoms with E-state index in [4.69, 9.17) is 0 Å². The summed E-state index contributed by atoms with van der Waals surface area (Å²) in [6.45, 7) is 7.33. The van der Waals surface area contributed by atoms with Crippen LogP contribution in [-0.4, -0.2) is 13.6 Å². The summed E-state index contributed by atoms with van der Waals surface area (Å²) in [5.74, 6) is 0.955. The van der Waals surface area contributed by atoms with Crippen molar-refractivity contribution in [3.05, 3.63) is 12.7 Å². The molecule has 0 heterocycles. The van der Waals surface area contributed by atoms with E-state index in [0.717, 1.165) is 12.5 Å². The molecule has 0 radical (unpaired) electrons. The van der Waals surface area contributed by atoms with Gasteiger partial charge in [-0.2, -0.15) is 0 Å². The lowest BCUT2D eigenvalue weighted by atomic mass is 9.80. The van der Waals surface area contributed by atoms with Gasteiger partial charge in [0.2, 0.25) is 0 Å². The minimum Gasteiger partial charge on any atom is -0.319 e. The fraction of sp³-hybridized carbons (Fsp3) is 0.833. The van der Waals surface area contributed by atoms with E-state index in [2.05, 4.69) is 24.9 Å². The molecule has 0 aromatic rings. The highest BCUT2D eigenvalue weighted by atomic mass is 14.8. The van der Waals surface area contributed by atoms with E-state index >= 15 is 0 Å². The minimum absolute atomic E-state index is 0.309. The lowest BCUT2D eigenvalue weighted by Gasteiger charge is -2.28. The third-order valence-electron chi connectivity index (χ3n) is 3.30. The van der Waals surface area contributed by atoms with E-state index in [-0.39, 0.29) is 0 Å². The van der Waals surface area contributed by atoms with Gasteiger partial charge in [-0.1, -0.05) is 38.7 Å². The molecule has 1 rings (SSSR count). The van der Waals surface area contributed by atoms with Crippen molar-refractivity contribution in [3.63, 3.8) is 0 Å². The van der Waals surface area contributed by atoms with Crippen LogP contribution in [0, 0.1) is 11.3 Å². The van der Waals surface area contributed by atoms with Crippen molar-refractivity contribution < 1.29 is 0 Å². The average Bonchev–Trinajstić information content (AvgIpc) is 2.57. The van der Waals surface area contributed by atoms with Crippen LogP contribution in [0.25, 0.3) is 0 Å². The van der Waals surface area contributed by atoms with Crippen LogP contribution in [-0.2, 0) is 0 Å². The number of rotatable bonds is 5. The van der Waals surface area contributed by atoms with Crippen molar-refractivity contribution >= 4 is 0 Å². The maximum atomic E-state index is 3.95. The first-order chi connectivity index (χ1) is 6.20. The van der Waals surface area contributed by atoms with Crippen molar-refractivity contribution in [1.29, 1.82) is 0 Å². The molecule has 0 spiro atoms. The van der Waals surface area contributed by atoms with Crippen LogP contribution in [0.1, 0.15) is 39.0 Å². The van der Waals surface area contributed by atoms with E-state index in [9.17, 15) is 0 Å². The molecule has 0 amide bonds. The van der Waals surface area contributed by atoms with Crippen LogP contribution in [0.5, 0.6) is 0 Å². The Balaban J connectivity index is 2.41. The number of hydrogen-bond donors (Lipinski definition) is 1. The molecule has 1 nitrogen and oxygen atoms in total. The Bertz CT molecular complexity index is 159. The first-order valence-electron chi connectivity index (χ1n) is 5.48. The lowest BCUT2D eigenvalue weighted by molar-refractivity contribution is 0.302. The van der Waals surface area contributed by atoms with Gasteiger partial charge in [0, 0.05) is 6.54 Å². The number of hydrogen-bond acceptors (Lipinski definition) is 1. The van der Waals surface area contributed by atoms with Crippen molar-refractivity contribution in [1.82, 2.24) is 5.32 Å². The maximum Gasteiger partial charge on any atom is 0.00368 e. The molecule has 0 aliphatic heterocycles. The highest BCUT2D eigenvalue weighted by Crippen LogP contribution is 2.35. The van der Waals surface area contributed by atoms with Gasteiger partial charge in [-0.05, 0) is 24.8 Å². The molecule has 1 atom stereocenters. The van der Waals surface area contributed by atoms with Crippen molar-refractivity contribution in [2.45, 2.75) is 39.0 Å². The monoisotopic (exact) mass is 181 g/mol. The van der Waals surface area contributed by atoms with Gasteiger partial charge in [-0.15, -0.1) is 6.58 Å². The number of nitrogens with one attached hydrogen (secondary N) is 1. The fourth-order valence-corrected chi connectivity index (χ4v) is 2.51. The van der Waals surface area contributed by atoms with Crippen LogP contribution in [0.15, 0.2) is 12.7 Å². The Labute approximate surface area is 82.6 Å². The molecule has 0 saturated heterocycles. The van der Waals surface area contributed by atoms with Gasteiger partial charge in [-0.25, -0.2) is 0 Å². The highest BCUT2D eigenvalue weighted by Gasteiger charge is 2.26. The summed E-state index contributed by atoms with van der Waals surface area (Å²) in [7, 11) is 2.02. The maximum absolute atomic E-state index is 3.95. The van der Waals surface area contributed by atoms with E-state index in [1.807, 2.05) is 7.05 Å². The predicted octanol–water partition coefficient (Wildman–Crippen LogP) is 2.98. The van der Waals surface area contributed by atoms with Gasteiger partial charge in [0.05, 0.1) is 0 Å². The second-order valence-corrected chi connectivity index (χ2v) is 4.74. The highest BCUT2D eigenvalue weighted by molar-refractivity contribution is 4.94. The van der Waals surface area contributed by atoms with Gasteiger partial charge in [0.1, 0.15) is 0 Å². The molecule has 1 N–H and O–H groups in total. The van der Waals surface area contributed by atoms with Gasteiger partial charge < -0.3 is 5.32 Å². The van der Waals surface area contributed by atoms with Crippen LogP contribution in [0.2, 0.25) is 0 Å². The molecule has 0 bridgehead atoms. The van der Waals surface area contributed by atoms with Crippen molar-refractivity contribution in [3.8, 4) is 0 Å². The van der Waals surface area contributed by atoms with Crippen molar-refractivity contribution in [2.24, 2.45) is 11.3 Å². The zero-order chi connectivity index (χ0) is 9.73. The van der Waals surface area contributed by atoms with Gasteiger partial charge in [-0.3, -0.25) is 0 Å². The van der Waals surface area contributed by atoms with E-state index in [1.54, 1.807) is 0 Å². The Kier molecular flexibility index (Phi) is 3.98. The Morgan fingerprint density at radius 2 is 2.08 bits per heavy atom. The SMILES string of the molecule is C=CC(C)(CNC)CC1CCCC1. The molecule has 76 valence electrons. The topological polar surface area (TPSA) is 12.0 Å². The molecule has 1 fully saturated rings. The van der Waals surface area contributed by atoms with Crippen molar-refractivity contribution in [2.75, 3.05) is 13.6 Å². The molecule has 1 aliphatic carbocycles. The summed E-state index contributed by atoms with van der Waals surface area (Å²) in [5, 5.41) is 3.26. The van der Waals surface area contributed by atoms with Gasteiger partial charge >= 0.3 is 0 Å². The normalized spacial score (nSPS) is 22.9. The fourth-order valence-electron chi connectivity index (χ4n) is 2.51. The summed E-state index contributed by atoms with van der Waals surface area (Å²) in [6, 6.07) is 0. The van der Waals surface area contributed by atoms with Crippen LogP contribution in [0.4, 0.5) is 0 Å². The Hall–Kier alpha value is -0.300. The summed E-state index contributed by atoms with van der Waals surface area (Å²) in [6.07, 6.45) is 9.20. The molecule has 0 aromatic carbocycles. The Morgan fingerprint density at radius 3 is 2.54 bits per heavy atom. The van der Waals surface area contributed by atoms with Crippen LogP contribution < -0.4 is 5.32 Å². The average molecular weight is 181 g/mol. The molecule has 1 aliphatic rings. The summed E-state index contributed by atoms with van der Waals surface area (Å²) in [5.41, 5.74) is 0.309. The largest absolute Gasteiger partial charge is 0.319 e. The van der Waals surface area contributed by atoms with Crippen LogP contribution >= 0.6 is 0 Å². The third kappa shape index (κ3) is 3.15. The summed E-state index contributed by atoms with van der Waals surface area (Å²) < 4.78 is 0. The first kappa shape index (κ1) is 10.8. The third-order valence-corrected chi connectivity index (χ3v) is 3.30. The van der Waals surface area contributed by atoms with E-state index in [0.29, 0.717) is 5.41 Å². The first-order valence-corrected chi connectivity index (χ1v) is 5.48. The standard InChI is InChI=1S/C12H23N/c1-4-12(2,10-13-3)9-11-7-5-6-8-11/h4,11,13H,1,5-10H2,2-3H3. The second kappa shape index (κ2) is 4.80. The molecular formula is C12H23N. The summed E-state index contributed by atoms with van der Waals surface area (Å²) in [4.78, 5) is 0. The molecule has 1 unspecified atom stereocenters. The van der Waals surface area contributed by atoms with E-state index in [1.165, 1.54) is 32.1 Å². The van der Waals surface area contributed by atoms with Crippen LogP contribution in [0.3, 0.4) is 0 Å². The molecular weight excluding hydrogens is 158 g/mol. The molecule has 0 aromatic heterocycles. The summed E-state index contributed by atoms with van der Waals surface area (Å²) >= 11 is 0.